The quantitative estimate of drug-likeness (QED) is 0.719. The molecule has 0 bridgehead atoms. The minimum absolute atomic E-state index is 0.180. The first-order valence-corrected chi connectivity index (χ1v) is 7.86. The van der Waals surface area contributed by atoms with Crippen LogP contribution in [0, 0.1) is 6.92 Å². The summed E-state index contributed by atoms with van der Waals surface area (Å²) in [5.74, 6) is 2.55. The summed E-state index contributed by atoms with van der Waals surface area (Å²) in [7, 11) is 0. The van der Waals surface area contributed by atoms with Crippen molar-refractivity contribution in [3.8, 4) is 11.5 Å². The molecule has 1 amide bonds. The van der Waals surface area contributed by atoms with E-state index in [2.05, 4.69) is 25.8 Å². The maximum atomic E-state index is 12.1. The Hall–Kier alpha value is -3.62. The molecule has 0 unspecified atom stereocenters. The van der Waals surface area contributed by atoms with Gasteiger partial charge in [-0.2, -0.15) is 0 Å². The van der Waals surface area contributed by atoms with E-state index in [1.807, 2.05) is 18.2 Å². The monoisotopic (exact) mass is 353 g/mol. The number of hydrogen-bond acceptors (Lipinski definition) is 8. The maximum absolute atomic E-state index is 12.1. The van der Waals surface area contributed by atoms with Gasteiger partial charge in [0.1, 0.15) is 17.3 Å². The minimum atomic E-state index is -0.409. The number of anilines is 2. The predicted molar refractivity (Wildman–Crippen MR) is 91.1 cm³/mol. The summed E-state index contributed by atoms with van der Waals surface area (Å²) in [6, 6.07) is 7.33. The second kappa shape index (κ2) is 6.71. The van der Waals surface area contributed by atoms with Gasteiger partial charge >= 0.3 is 0 Å². The lowest BCUT2D eigenvalue weighted by atomic mass is 10.2. The van der Waals surface area contributed by atoms with Crippen LogP contribution in [0.4, 0.5) is 11.6 Å². The summed E-state index contributed by atoms with van der Waals surface area (Å²) in [5, 5.41) is 9.43. The number of aromatic nitrogens is 3. The number of carbonyl (C=O) groups is 1. The number of carbonyl (C=O) groups excluding carboxylic acids is 1. The van der Waals surface area contributed by atoms with E-state index >= 15 is 0 Å². The summed E-state index contributed by atoms with van der Waals surface area (Å²) in [6.45, 7) is 2.52. The first kappa shape index (κ1) is 15.9. The van der Waals surface area contributed by atoms with E-state index < -0.39 is 5.91 Å². The van der Waals surface area contributed by atoms with E-state index in [1.165, 1.54) is 12.4 Å². The Balaban J connectivity index is 1.36. The smallest absolute Gasteiger partial charge is 0.277 e. The lowest BCUT2D eigenvalue weighted by Crippen LogP contribution is -2.14. The zero-order valence-corrected chi connectivity index (χ0v) is 13.9. The minimum Gasteiger partial charge on any atom is -0.454 e. The van der Waals surface area contributed by atoms with Gasteiger partial charge in [-0.1, -0.05) is 11.2 Å². The molecule has 3 aromatic rings. The van der Waals surface area contributed by atoms with Crippen LogP contribution in [0.25, 0.3) is 0 Å². The predicted octanol–water partition coefficient (Wildman–Crippen LogP) is 2.37. The van der Waals surface area contributed by atoms with Crippen molar-refractivity contribution in [3.63, 3.8) is 0 Å². The molecule has 1 aromatic carbocycles. The van der Waals surface area contributed by atoms with Crippen LogP contribution >= 0.6 is 0 Å². The van der Waals surface area contributed by atoms with Gasteiger partial charge in [-0.15, -0.1) is 0 Å². The van der Waals surface area contributed by atoms with E-state index in [4.69, 9.17) is 14.0 Å². The Kier molecular flexibility index (Phi) is 4.10. The fourth-order valence-electron chi connectivity index (χ4n) is 2.39. The Morgan fingerprint density at radius 2 is 2.00 bits per heavy atom. The molecule has 0 aliphatic carbocycles. The SMILES string of the molecule is Cc1cc(NC(=O)c2cnc(NCc3ccc4c(c3)OCO4)cn2)no1. The van der Waals surface area contributed by atoms with Gasteiger partial charge in [-0.05, 0) is 24.6 Å². The molecule has 0 saturated heterocycles. The van der Waals surface area contributed by atoms with Crippen LogP contribution in [0.5, 0.6) is 11.5 Å². The van der Waals surface area contributed by atoms with Crippen molar-refractivity contribution in [2.75, 3.05) is 17.4 Å². The molecule has 1 aliphatic heterocycles. The van der Waals surface area contributed by atoms with Gasteiger partial charge in [-0.3, -0.25) is 4.79 Å². The molecule has 9 nitrogen and oxygen atoms in total. The first-order valence-electron chi connectivity index (χ1n) is 7.86. The number of benzene rings is 1. The number of nitrogens with zero attached hydrogens (tertiary/aromatic N) is 3. The third-order valence-electron chi connectivity index (χ3n) is 3.66. The van der Waals surface area contributed by atoms with Gasteiger partial charge in [-0.25, -0.2) is 9.97 Å². The summed E-state index contributed by atoms with van der Waals surface area (Å²) < 4.78 is 15.5. The summed E-state index contributed by atoms with van der Waals surface area (Å²) in [6.07, 6.45) is 2.89. The highest BCUT2D eigenvalue weighted by Crippen LogP contribution is 2.32. The second-order valence-electron chi connectivity index (χ2n) is 5.60. The number of hydrogen-bond donors (Lipinski definition) is 2. The Morgan fingerprint density at radius 3 is 2.77 bits per heavy atom. The fourth-order valence-corrected chi connectivity index (χ4v) is 2.39. The average molecular weight is 353 g/mol. The Labute approximate surface area is 148 Å². The van der Waals surface area contributed by atoms with Gasteiger partial charge in [0, 0.05) is 12.6 Å². The molecule has 26 heavy (non-hydrogen) atoms. The first-order chi connectivity index (χ1) is 12.7. The van der Waals surface area contributed by atoms with Crippen molar-refractivity contribution in [1.29, 1.82) is 0 Å². The van der Waals surface area contributed by atoms with Gasteiger partial charge < -0.3 is 24.6 Å². The standard InChI is InChI=1S/C17H15N5O4/c1-10-4-15(22-26-10)21-17(23)12-7-20-16(8-18-12)19-6-11-2-3-13-14(5-11)25-9-24-13/h2-5,7-8H,6,9H2,1H3,(H,19,20)(H,21,22,23). The highest BCUT2D eigenvalue weighted by atomic mass is 16.7. The van der Waals surface area contributed by atoms with Crippen molar-refractivity contribution in [3.05, 3.63) is 53.7 Å². The number of fused-ring (bicyclic) bond motifs is 1. The van der Waals surface area contributed by atoms with Crippen LogP contribution in [-0.2, 0) is 6.54 Å². The number of ether oxygens (including phenoxy) is 2. The molecule has 2 N–H and O–H groups in total. The molecular weight excluding hydrogens is 338 g/mol. The van der Waals surface area contributed by atoms with Crippen LogP contribution in [0.15, 0.2) is 41.2 Å². The lowest BCUT2D eigenvalue weighted by Gasteiger charge is -2.07. The molecule has 132 valence electrons. The number of aryl methyl sites for hydroxylation is 1. The van der Waals surface area contributed by atoms with Crippen LogP contribution in [0.2, 0.25) is 0 Å². The maximum Gasteiger partial charge on any atom is 0.277 e. The molecule has 2 aromatic heterocycles. The Morgan fingerprint density at radius 1 is 1.12 bits per heavy atom. The van der Waals surface area contributed by atoms with Crippen LogP contribution in [-0.4, -0.2) is 27.8 Å². The number of rotatable bonds is 5. The van der Waals surface area contributed by atoms with Crippen molar-refractivity contribution in [2.24, 2.45) is 0 Å². The van der Waals surface area contributed by atoms with Gasteiger partial charge in [0.2, 0.25) is 6.79 Å². The fraction of sp³-hybridized carbons (Fsp3) is 0.176. The molecule has 0 radical (unpaired) electrons. The highest BCUT2D eigenvalue weighted by Gasteiger charge is 2.13. The van der Waals surface area contributed by atoms with Crippen LogP contribution in [0.1, 0.15) is 21.8 Å². The normalized spacial score (nSPS) is 12.0. The van der Waals surface area contributed by atoms with E-state index in [-0.39, 0.29) is 12.5 Å². The molecule has 0 spiro atoms. The van der Waals surface area contributed by atoms with Crippen molar-refractivity contribution in [2.45, 2.75) is 13.5 Å². The highest BCUT2D eigenvalue weighted by molar-refractivity contribution is 6.02. The van der Waals surface area contributed by atoms with Crippen molar-refractivity contribution in [1.82, 2.24) is 15.1 Å². The summed E-state index contributed by atoms with van der Waals surface area (Å²) >= 11 is 0. The van der Waals surface area contributed by atoms with Crippen molar-refractivity contribution >= 4 is 17.5 Å². The number of amides is 1. The third kappa shape index (κ3) is 3.41. The number of nitrogens with one attached hydrogen (secondary N) is 2. The lowest BCUT2D eigenvalue weighted by molar-refractivity contribution is 0.102. The summed E-state index contributed by atoms with van der Waals surface area (Å²) in [4.78, 5) is 20.4. The van der Waals surface area contributed by atoms with E-state index in [0.717, 1.165) is 17.1 Å². The van der Waals surface area contributed by atoms with E-state index in [1.54, 1.807) is 13.0 Å². The molecule has 0 fully saturated rings. The van der Waals surface area contributed by atoms with E-state index in [9.17, 15) is 4.79 Å². The van der Waals surface area contributed by atoms with Gasteiger partial charge in [0.25, 0.3) is 5.91 Å². The molecule has 4 rings (SSSR count). The zero-order valence-electron chi connectivity index (χ0n) is 13.9. The largest absolute Gasteiger partial charge is 0.454 e. The second-order valence-corrected chi connectivity index (χ2v) is 5.60. The Bertz CT molecular complexity index is 939. The zero-order chi connectivity index (χ0) is 17.9. The van der Waals surface area contributed by atoms with Gasteiger partial charge in [0.05, 0.1) is 12.4 Å². The van der Waals surface area contributed by atoms with E-state index in [0.29, 0.717) is 23.9 Å². The molecule has 1 aliphatic rings. The van der Waals surface area contributed by atoms with Crippen molar-refractivity contribution < 1.29 is 18.8 Å². The molecule has 0 saturated carbocycles. The molecule has 3 heterocycles. The van der Waals surface area contributed by atoms with Crippen LogP contribution in [0.3, 0.4) is 0 Å². The van der Waals surface area contributed by atoms with Gasteiger partial charge in [0.15, 0.2) is 17.3 Å². The molecule has 0 atom stereocenters. The topological polar surface area (TPSA) is 111 Å². The third-order valence-corrected chi connectivity index (χ3v) is 3.66. The summed E-state index contributed by atoms with van der Waals surface area (Å²) in [5.41, 5.74) is 1.19. The average Bonchev–Trinajstić information content (AvgIpc) is 3.28. The molecular formula is C17H15N5O4. The molecule has 9 heteroatoms. The van der Waals surface area contributed by atoms with Crippen LogP contribution < -0.4 is 20.1 Å².